The van der Waals surface area contributed by atoms with Crippen LogP contribution in [-0.4, -0.2) is 16.2 Å². The number of hydrogen-bond acceptors (Lipinski definition) is 4. The van der Waals surface area contributed by atoms with E-state index in [1.165, 1.54) is 0 Å². The molecule has 0 aromatic rings. The summed E-state index contributed by atoms with van der Waals surface area (Å²) in [5, 5.41) is 0.411. The molecule has 0 unspecified atom stereocenters. The number of carbonyl (C=O) groups is 1. The highest BCUT2D eigenvalue weighted by Gasteiger charge is 2.36. The Morgan fingerprint density at radius 1 is 1.54 bits per heavy atom. The van der Waals surface area contributed by atoms with E-state index >= 15 is 0 Å². The predicted octanol–water partition coefficient (Wildman–Crippen LogP) is 2.97. The third kappa shape index (κ3) is 4.68. The molecule has 0 bridgehead atoms. The molecular weight excluding hydrogens is 241 g/mol. The second kappa shape index (κ2) is 5.02. The number of hydrogen-bond donors (Lipinski definition) is 1. The summed E-state index contributed by atoms with van der Waals surface area (Å²) in [5.41, 5.74) is 0. The number of alkyl halides is 3. The first-order valence-electron chi connectivity index (χ1n) is 2.93. The van der Waals surface area contributed by atoms with Gasteiger partial charge in [-0.3, -0.25) is 4.79 Å². The summed E-state index contributed by atoms with van der Waals surface area (Å²) < 4.78 is 36.0. The van der Waals surface area contributed by atoms with Gasteiger partial charge in [0, 0.05) is 11.8 Å². The summed E-state index contributed by atoms with van der Waals surface area (Å²) in [6.07, 6.45) is -4.59. The maximum Gasteiger partial charge on any atom is 0.427 e. The zero-order chi connectivity index (χ0) is 10.6. The SMILES string of the molecule is CC(=O)S/C(=C\S)C(=S)C(F)(F)F. The van der Waals surface area contributed by atoms with Crippen molar-refractivity contribution < 1.29 is 18.0 Å². The van der Waals surface area contributed by atoms with E-state index in [4.69, 9.17) is 0 Å². The van der Waals surface area contributed by atoms with Gasteiger partial charge in [-0.25, -0.2) is 0 Å². The van der Waals surface area contributed by atoms with E-state index in [0.29, 0.717) is 11.8 Å². The number of thiocarbonyl (C=S) groups is 1. The smallest absolute Gasteiger partial charge is 0.287 e. The Balaban J connectivity index is 4.63. The normalized spacial score (nSPS) is 12.8. The molecule has 0 atom stereocenters. The Hall–Kier alpha value is -0.0100. The summed E-state index contributed by atoms with van der Waals surface area (Å²) in [7, 11) is 0. The minimum atomic E-state index is -4.59. The van der Waals surface area contributed by atoms with Crippen molar-refractivity contribution in [1.29, 1.82) is 0 Å². The van der Waals surface area contributed by atoms with Crippen LogP contribution in [-0.2, 0) is 4.79 Å². The Kier molecular flexibility index (Phi) is 5.01. The van der Waals surface area contributed by atoms with Crippen molar-refractivity contribution in [3.05, 3.63) is 10.3 Å². The van der Waals surface area contributed by atoms with Crippen molar-refractivity contribution in [2.75, 3.05) is 0 Å². The Labute approximate surface area is 88.2 Å². The molecule has 0 aliphatic carbocycles. The van der Waals surface area contributed by atoms with E-state index in [-0.39, 0.29) is 4.91 Å². The predicted molar refractivity (Wildman–Crippen MR) is 54.0 cm³/mol. The third-order valence-electron chi connectivity index (χ3n) is 0.852. The molecule has 0 N–H and O–H groups in total. The lowest BCUT2D eigenvalue weighted by atomic mass is 10.4. The summed E-state index contributed by atoms with van der Waals surface area (Å²) in [6.45, 7) is 1.15. The van der Waals surface area contributed by atoms with Crippen LogP contribution in [0.25, 0.3) is 0 Å². The van der Waals surface area contributed by atoms with Crippen LogP contribution < -0.4 is 0 Å². The minimum absolute atomic E-state index is 0.349. The zero-order valence-electron chi connectivity index (χ0n) is 6.38. The van der Waals surface area contributed by atoms with Gasteiger partial charge in [-0.1, -0.05) is 24.0 Å². The van der Waals surface area contributed by atoms with Crippen molar-refractivity contribution in [2.24, 2.45) is 0 Å². The van der Waals surface area contributed by atoms with Gasteiger partial charge in [0.05, 0.1) is 0 Å². The van der Waals surface area contributed by atoms with Gasteiger partial charge in [-0.05, 0) is 5.41 Å². The maximum absolute atomic E-state index is 12.0. The molecule has 13 heavy (non-hydrogen) atoms. The van der Waals surface area contributed by atoms with Crippen LogP contribution in [0.15, 0.2) is 10.3 Å². The van der Waals surface area contributed by atoms with E-state index in [0.717, 1.165) is 12.3 Å². The number of rotatable bonds is 2. The van der Waals surface area contributed by atoms with Gasteiger partial charge in [-0.2, -0.15) is 25.8 Å². The molecule has 0 aliphatic rings. The molecule has 1 nitrogen and oxygen atoms in total. The van der Waals surface area contributed by atoms with Crippen LogP contribution in [0.1, 0.15) is 6.92 Å². The molecule has 7 heteroatoms. The average molecular weight is 246 g/mol. The molecule has 0 radical (unpaired) electrons. The monoisotopic (exact) mass is 246 g/mol. The van der Waals surface area contributed by atoms with Gasteiger partial charge in [-0.15, -0.1) is 0 Å². The summed E-state index contributed by atoms with van der Waals surface area (Å²) in [5.74, 6) is 0. The standard InChI is InChI=1S/C6H5F3OS3/c1-3(10)13-4(2-11)5(12)6(7,8)9/h2,11H,1H3/b4-2-. The van der Waals surface area contributed by atoms with Crippen LogP contribution in [0, 0.1) is 0 Å². The number of thioether (sulfide) groups is 1. The second-order valence-corrected chi connectivity index (χ2v) is 3.80. The molecule has 0 rings (SSSR count). The summed E-state index contributed by atoms with van der Waals surface area (Å²) in [4.78, 5) is 8.94. The highest BCUT2D eigenvalue weighted by molar-refractivity contribution is 8.18. The molecule has 0 aromatic carbocycles. The number of halogens is 3. The summed E-state index contributed by atoms with van der Waals surface area (Å²) in [6, 6.07) is 0. The zero-order valence-corrected chi connectivity index (χ0v) is 8.91. The lowest BCUT2D eigenvalue weighted by Gasteiger charge is -2.09. The maximum atomic E-state index is 12.0. The molecule has 0 aliphatic heterocycles. The van der Waals surface area contributed by atoms with Gasteiger partial charge in [0.25, 0.3) is 0 Å². The van der Waals surface area contributed by atoms with E-state index < -0.39 is 16.2 Å². The van der Waals surface area contributed by atoms with Crippen LogP contribution in [0.5, 0.6) is 0 Å². The molecule has 0 heterocycles. The summed E-state index contributed by atoms with van der Waals surface area (Å²) >= 11 is 8.07. The Morgan fingerprint density at radius 2 is 2.00 bits per heavy atom. The number of carbonyl (C=O) groups excluding carboxylic acids is 1. The first kappa shape index (κ1) is 13.0. The molecule has 74 valence electrons. The fourth-order valence-electron chi connectivity index (χ4n) is 0.426. The van der Waals surface area contributed by atoms with Gasteiger partial charge < -0.3 is 0 Å². The molecule has 0 fully saturated rings. The fraction of sp³-hybridized carbons (Fsp3) is 0.333. The minimum Gasteiger partial charge on any atom is -0.287 e. The van der Waals surface area contributed by atoms with Gasteiger partial charge >= 0.3 is 6.18 Å². The number of thiol groups is 1. The van der Waals surface area contributed by atoms with Crippen LogP contribution >= 0.6 is 36.6 Å². The highest BCUT2D eigenvalue weighted by atomic mass is 32.2. The van der Waals surface area contributed by atoms with E-state index in [9.17, 15) is 18.0 Å². The van der Waals surface area contributed by atoms with E-state index in [2.05, 4.69) is 24.8 Å². The Morgan fingerprint density at radius 3 is 2.23 bits per heavy atom. The lowest BCUT2D eigenvalue weighted by molar-refractivity contribution is -0.109. The first-order valence-corrected chi connectivity index (χ1v) is 4.67. The van der Waals surface area contributed by atoms with Crippen LogP contribution in [0.4, 0.5) is 13.2 Å². The molecular formula is C6H5F3OS3. The van der Waals surface area contributed by atoms with Gasteiger partial charge in [0.1, 0.15) is 4.86 Å². The fourth-order valence-corrected chi connectivity index (χ4v) is 1.56. The topological polar surface area (TPSA) is 17.1 Å². The van der Waals surface area contributed by atoms with Gasteiger partial charge in [0.15, 0.2) is 5.12 Å². The molecule has 0 amide bonds. The molecule has 0 aromatic heterocycles. The van der Waals surface area contributed by atoms with E-state index in [1.807, 2.05) is 0 Å². The highest BCUT2D eigenvalue weighted by Crippen LogP contribution is 2.29. The lowest BCUT2D eigenvalue weighted by Crippen LogP contribution is -2.21. The van der Waals surface area contributed by atoms with Crippen molar-refractivity contribution in [3.63, 3.8) is 0 Å². The third-order valence-corrected chi connectivity index (χ3v) is 2.70. The largest absolute Gasteiger partial charge is 0.427 e. The second-order valence-electron chi connectivity index (χ2n) is 1.91. The van der Waals surface area contributed by atoms with Crippen molar-refractivity contribution in [3.8, 4) is 0 Å². The van der Waals surface area contributed by atoms with Crippen molar-refractivity contribution in [1.82, 2.24) is 0 Å². The van der Waals surface area contributed by atoms with E-state index in [1.54, 1.807) is 0 Å². The van der Waals surface area contributed by atoms with Crippen molar-refractivity contribution >= 4 is 46.6 Å². The number of allylic oxidation sites excluding steroid dienone is 1. The quantitative estimate of drug-likeness (QED) is 0.458. The van der Waals surface area contributed by atoms with Crippen LogP contribution in [0.3, 0.4) is 0 Å². The first-order chi connectivity index (χ1) is 5.79. The Bertz CT molecular complexity index is 256. The molecule has 0 saturated carbocycles. The molecule has 0 spiro atoms. The van der Waals surface area contributed by atoms with Crippen molar-refractivity contribution in [2.45, 2.75) is 13.1 Å². The average Bonchev–Trinajstić information content (AvgIpc) is 1.96. The van der Waals surface area contributed by atoms with Crippen LogP contribution in [0.2, 0.25) is 0 Å². The molecule has 0 saturated heterocycles. The van der Waals surface area contributed by atoms with Gasteiger partial charge in [0.2, 0.25) is 0 Å².